The van der Waals surface area contributed by atoms with Crippen LogP contribution in [0.15, 0.2) is 54.6 Å². The second-order valence-corrected chi connectivity index (χ2v) is 6.37. The van der Waals surface area contributed by atoms with Gasteiger partial charge in [-0.3, -0.25) is 0 Å². The van der Waals surface area contributed by atoms with Gasteiger partial charge < -0.3 is 28.4 Å². The molecule has 0 aliphatic heterocycles. The van der Waals surface area contributed by atoms with E-state index in [1.54, 1.807) is 0 Å². The highest BCUT2D eigenvalue weighted by molar-refractivity contribution is 5.91. The van der Waals surface area contributed by atoms with Crippen LogP contribution in [0.25, 0.3) is 10.8 Å². The van der Waals surface area contributed by atoms with Gasteiger partial charge in [0.2, 0.25) is 5.75 Å². The van der Waals surface area contributed by atoms with Crippen molar-refractivity contribution < 1.29 is 33.2 Å². The third kappa shape index (κ3) is 5.20. The van der Waals surface area contributed by atoms with E-state index in [1.165, 1.54) is 33.5 Å². The standard InChI is InChI=1S/C23H24O7/c1-25-14-29-20-11-19(23(24)27-3)12-21(30-15-26-2)22(20)28-13-16-8-9-17-6-4-5-7-18(17)10-16/h4-12H,13-15H2,1-3H3. The van der Waals surface area contributed by atoms with Gasteiger partial charge in [-0.05, 0) is 34.5 Å². The van der Waals surface area contributed by atoms with Gasteiger partial charge in [-0.25, -0.2) is 4.79 Å². The fourth-order valence-corrected chi connectivity index (χ4v) is 2.90. The van der Waals surface area contributed by atoms with Crippen LogP contribution in [0.2, 0.25) is 0 Å². The number of fused-ring (bicyclic) bond motifs is 1. The van der Waals surface area contributed by atoms with E-state index in [-0.39, 0.29) is 25.8 Å². The van der Waals surface area contributed by atoms with Gasteiger partial charge in [0.05, 0.1) is 12.7 Å². The van der Waals surface area contributed by atoms with Crippen molar-refractivity contribution in [1.82, 2.24) is 0 Å². The highest BCUT2D eigenvalue weighted by Crippen LogP contribution is 2.40. The molecule has 7 nitrogen and oxygen atoms in total. The molecule has 3 rings (SSSR count). The van der Waals surface area contributed by atoms with Crippen LogP contribution >= 0.6 is 0 Å². The molecule has 0 fully saturated rings. The molecular formula is C23H24O7. The molecule has 0 aromatic heterocycles. The maximum absolute atomic E-state index is 12.0. The minimum Gasteiger partial charge on any atom is -0.482 e. The van der Waals surface area contributed by atoms with E-state index in [1.807, 2.05) is 30.3 Å². The number of benzene rings is 3. The van der Waals surface area contributed by atoms with E-state index in [9.17, 15) is 4.79 Å². The summed E-state index contributed by atoms with van der Waals surface area (Å²) in [6.45, 7) is 0.219. The van der Waals surface area contributed by atoms with E-state index in [0.29, 0.717) is 17.2 Å². The second-order valence-electron chi connectivity index (χ2n) is 6.37. The Bertz CT molecular complexity index is 971. The first-order valence-electron chi connectivity index (χ1n) is 9.26. The summed E-state index contributed by atoms with van der Waals surface area (Å²) >= 11 is 0. The molecule has 0 heterocycles. The first-order valence-corrected chi connectivity index (χ1v) is 9.26. The summed E-state index contributed by atoms with van der Waals surface area (Å²) < 4.78 is 32.1. The lowest BCUT2D eigenvalue weighted by molar-refractivity contribution is 0.0400. The van der Waals surface area contributed by atoms with Crippen molar-refractivity contribution in [1.29, 1.82) is 0 Å². The lowest BCUT2D eigenvalue weighted by Gasteiger charge is -2.18. The van der Waals surface area contributed by atoms with E-state index in [2.05, 4.69) is 12.1 Å². The fraction of sp³-hybridized carbons (Fsp3) is 0.261. The maximum Gasteiger partial charge on any atom is 0.338 e. The second kappa shape index (κ2) is 10.5. The first kappa shape index (κ1) is 21.4. The summed E-state index contributed by atoms with van der Waals surface area (Å²) in [5.41, 5.74) is 1.23. The lowest BCUT2D eigenvalue weighted by Crippen LogP contribution is -2.09. The number of hydrogen-bond donors (Lipinski definition) is 0. The largest absolute Gasteiger partial charge is 0.482 e. The summed E-state index contributed by atoms with van der Waals surface area (Å²) in [6.07, 6.45) is 0. The molecule has 0 unspecified atom stereocenters. The monoisotopic (exact) mass is 412 g/mol. The highest BCUT2D eigenvalue weighted by atomic mass is 16.7. The summed E-state index contributed by atoms with van der Waals surface area (Å²) in [5, 5.41) is 2.27. The zero-order valence-electron chi connectivity index (χ0n) is 17.2. The van der Waals surface area contributed by atoms with Crippen LogP contribution in [0, 0.1) is 0 Å². The molecule has 0 saturated carbocycles. The quantitative estimate of drug-likeness (QED) is 0.365. The van der Waals surface area contributed by atoms with Crippen LogP contribution in [0.3, 0.4) is 0 Å². The van der Waals surface area contributed by atoms with Gasteiger partial charge in [0, 0.05) is 14.2 Å². The highest BCUT2D eigenvalue weighted by Gasteiger charge is 2.19. The SMILES string of the molecule is COCOc1cc(C(=O)OC)cc(OCOC)c1OCc1ccc2ccccc2c1. The van der Waals surface area contributed by atoms with Gasteiger partial charge in [0.15, 0.2) is 25.1 Å². The van der Waals surface area contributed by atoms with E-state index >= 15 is 0 Å². The topological polar surface area (TPSA) is 72.5 Å². The normalized spacial score (nSPS) is 10.6. The fourth-order valence-electron chi connectivity index (χ4n) is 2.90. The van der Waals surface area contributed by atoms with Gasteiger partial charge in [-0.1, -0.05) is 36.4 Å². The van der Waals surface area contributed by atoms with Crippen molar-refractivity contribution in [3.63, 3.8) is 0 Å². The van der Waals surface area contributed by atoms with Crippen LogP contribution < -0.4 is 14.2 Å². The maximum atomic E-state index is 12.0. The molecule has 0 radical (unpaired) electrons. The van der Waals surface area contributed by atoms with Crippen LogP contribution in [0.5, 0.6) is 17.2 Å². The molecule has 3 aromatic carbocycles. The van der Waals surface area contributed by atoms with Crippen LogP contribution in [-0.2, 0) is 20.8 Å². The molecule has 3 aromatic rings. The Morgan fingerprint density at radius 3 is 2.00 bits per heavy atom. The van der Waals surface area contributed by atoms with Crippen LogP contribution in [0.1, 0.15) is 15.9 Å². The number of ether oxygens (including phenoxy) is 6. The average Bonchev–Trinajstić information content (AvgIpc) is 2.79. The van der Waals surface area contributed by atoms with Crippen molar-refractivity contribution in [2.24, 2.45) is 0 Å². The Hall–Kier alpha value is -3.29. The number of carbonyl (C=O) groups is 1. The van der Waals surface area contributed by atoms with Crippen molar-refractivity contribution >= 4 is 16.7 Å². The molecule has 0 atom stereocenters. The molecule has 7 heteroatoms. The zero-order chi connectivity index (χ0) is 21.3. The van der Waals surface area contributed by atoms with Crippen LogP contribution in [-0.4, -0.2) is 40.9 Å². The van der Waals surface area contributed by atoms with Gasteiger partial charge in [-0.2, -0.15) is 0 Å². The molecule has 158 valence electrons. The van der Waals surface area contributed by atoms with Crippen LogP contribution in [0.4, 0.5) is 0 Å². The van der Waals surface area contributed by atoms with E-state index < -0.39 is 5.97 Å². The zero-order valence-corrected chi connectivity index (χ0v) is 17.2. The van der Waals surface area contributed by atoms with Gasteiger partial charge in [0.25, 0.3) is 0 Å². The van der Waals surface area contributed by atoms with Crippen molar-refractivity contribution in [2.45, 2.75) is 6.61 Å². The molecule has 0 N–H and O–H groups in total. The molecule has 30 heavy (non-hydrogen) atoms. The predicted octanol–water partition coefficient (Wildman–Crippen LogP) is 4.17. The average molecular weight is 412 g/mol. The molecular weight excluding hydrogens is 388 g/mol. The summed E-state index contributed by atoms with van der Waals surface area (Å²) in [4.78, 5) is 12.0. The Kier molecular flexibility index (Phi) is 7.48. The van der Waals surface area contributed by atoms with Crippen molar-refractivity contribution in [2.75, 3.05) is 34.9 Å². The minimum absolute atomic E-state index is 0.0271. The molecule has 0 aliphatic carbocycles. The molecule has 0 aliphatic rings. The number of hydrogen-bond acceptors (Lipinski definition) is 7. The number of rotatable bonds is 10. The van der Waals surface area contributed by atoms with Gasteiger partial charge in [-0.15, -0.1) is 0 Å². The minimum atomic E-state index is -0.527. The Morgan fingerprint density at radius 1 is 0.767 bits per heavy atom. The molecule has 0 saturated heterocycles. The molecule has 0 bridgehead atoms. The Morgan fingerprint density at radius 2 is 1.40 bits per heavy atom. The number of methoxy groups -OCH3 is 3. The smallest absolute Gasteiger partial charge is 0.338 e. The van der Waals surface area contributed by atoms with Gasteiger partial charge in [0.1, 0.15) is 6.61 Å². The van der Waals surface area contributed by atoms with Crippen molar-refractivity contribution in [3.8, 4) is 17.2 Å². The summed E-state index contributed by atoms with van der Waals surface area (Å²) in [7, 11) is 4.31. The third-order valence-electron chi connectivity index (χ3n) is 4.30. The summed E-state index contributed by atoms with van der Waals surface area (Å²) in [5.74, 6) is 0.406. The molecule has 0 spiro atoms. The third-order valence-corrected chi connectivity index (χ3v) is 4.30. The first-order chi connectivity index (χ1) is 14.7. The van der Waals surface area contributed by atoms with E-state index in [4.69, 9.17) is 28.4 Å². The Balaban J connectivity index is 1.92. The van der Waals surface area contributed by atoms with E-state index in [0.717, 1.165) is 16.3 Å². The molecule has 0 amide bonds. The number of esters is 1. The predicted molar refractivity (Wildman–Crippen MR) is 111 cm³/mol. The van der Waals surface area contributed by atoms with Gasteiger partial charge >= 0.3 is 5.97 Å². The number of carbonyl (C=O) groups excluding carboxylic acids is 1. The lowest BCUT2D eigenvalue weighted by atomic mass is 10.1. The Labute approximate surface area is 175 Å². The van der Waals surface area contributed by atoms with Crippen molar-refractivity contribution in [3.05, 3.63) is 65.7 Å². The summed E-state index contributed by atoms with van der Waals surface area (Å²) in [6, 6.07) is 17.2.